The molecule has 2 aromatic carbocycles. The molecule has 0 spiro atoms. The van der Waals surface area contributed by atoms with Crippen molar-refractivity contribution in [3.05, 3.63) is 69.6 Å². The molecule has 0 saturated carbocycles. The van der Waals surface area contributed by atoms with Crippen LogP contribution in [0.4, 0.5) is 8.78 Å². The Balaban J connectivity index is 1.91. The van der Waals surface area contributed by atoms with Gasteiger partial charge < -0.3 is 14.8 Å². The number of halogens is 2. The first kappa shape index (κ1) is 16.6. The van der Waals surface area contributed by atoms with E-state index in [9.17, 15) is 18.4 Å². The van der Waals surface area contributed by atoms with Crippen molar-refractivity contribution in [2.45, 2.75) is 13.0 Å². The summed E-state index contributed by atoms with van der Waals surface area (Å²) in [4.78, 5) is 30.0. The number of rotatable bonds is 5. The van der Waals surface area contributed by atoms with E-state index in [1.165, 1.54) is 30.3 Å². The number of ether oxygens (including phenoxy) is 1. The first-order chi connectivity index (χ1) is 11.9. The molecule has 0 aliphatic heterocycles. The van der Waals surface area contributed by atoms with E-state index in [1.54, 1.807) is 12.1 Å². The van der Waals surface area contributed by atoms with Crippen molar-refractivity contribution in [2.24, 2.45) is 0 Å². The molecule has 128 valence electrons. The van der Waals surface area contributed by atoms with Gasteiger partial charge in [-0.1, -0.05) is 12.1 Å². The third-order valence-corrected chi connectivity index (χ3v) is 3.53. The van der Waals surface area contributed by atoms with Crippen LogP contribution >= 0.6 is 0 Å². The zero-order valence-corrected chi connectivity index (χ0v) is 12.7. The van der Waals surface area contributed by atoms with Gasteiger partial charge in [0.2, 0.25) is 0 Å². The highest BCUT2D eigenvalue weighted by atomic mass is 19.3. The number of aromatic carboxylic acids is 1. The molecule has 0 aliphatic carbocycles. The number of carbonyl (C=O) groups is 1. The van der Waals surface area contributed by atoms with Crippen molar-refractivity contribution in [1.82, 2.24) is 9.97 Å². The molecular formula is C17H12F2N2O4. The Labute approximate surface area is 139 Å². The van der Waals surface area contributed by atoms with Crippen molar-refractivity contribution >= 4 is 17.0 Å². The lowest BCUT2D eigenvalue weighted by Gasteiger charge is -2.06. The summed E-state index contributed by atoms with van der Waals surface area (Å²) in [6.45, 7) is -2.90. The summed E-state index contributed by atoms with van der Waals surface area (Å²) in [6, 6.07) is 10.1. The van der Waals surface area contributed by atoms with E-state index in [4.69, 9.17) is 5.11 Å². The van der Waals surface area contributed by atoms with Crippen molar-refractivity contribution < 1.29 is 23.4 Å². The minimum absolute atomic E-state index is 0.0187. The summed E-state index contributed by atoms with van der Waals surface area (Å²) in [5, 5.41) is 9.03. The highest BCUT2D eigenvalue weighted by molar-refractivity contribution is 5.92. The fourth-order valence-electron chi connectivity index (χ4n) is 2.36. The van der Waals surface area contributed by atoms with Crippen LogP contribution in [-0.2, 0) is 6.42 Å². The van der Waals surface area contributed by atoms with Gasteiger partial charge in [-0.05, 0) is 35.9 Å². The highest BCUT2D eigenvalue weighted by Gasteiger charge is 2.10. The van der Waals surface area contributed by atoms with Gasteiger partial charge in [0.15, 0.2) is 0 Å². The maximum atomic E-state index is 12.1. The molecule has 25 heavy (non-hydrogen) atoms. The van der Waals surface area contributed by atoms with Crippen LogP contribution < -0.4 is 10.3 Å². The van der Waals surface area contributed by atoms with Gasteiger partial charge in [0.1, 0.15) is 11.4 Å². The molecule has 0 unspecified atom stereocenters. The number of benzene rings is 2. The Morgan fingerprint density at radius 3 is 2.56 bits per heavy atom. The molecule has 3 aromatic rings. The van der Waals surface area contributed by atoms with Crippen molar-refractivity contribution in [1.29, 1.82) is 0 Å². The van der Waals surface area contributed by atoms with Crippen LogP contribution in [0.1, 0.15) is 21.6 Å². The fraction of sp³-hybridized carbons (Fsp3) is 0.118. The van der Waals surface area contributed by atoms with E-state index in [2.05, 4.69) is 14.7 Å². The van der Waals surface area contributed by atoms with Gasteiger partial charge in [0, 0.05) is 6.42 Å². The number of nitrogens with one attached hydrogen (secondary N) is 1. The molecule has 6 nitrogen and oxygen atoms in total. The zero-order chi connectivity index (χ0) is 18.0. The van der Waals surface area contributed by atoms with Gasteiger partial charge >= 0.3 is 12.6 Å². The average Bonchev–Trinajstić information content (AvgIpc) is 2.56. The molecule has 0 bridgehead atoms. The number of nitrogens with zero attached hydrogens (tertiary/aromatic N) is 1. The Morgan fingerprint density at radius 1 is 1.20 bits per heavy atom. The predicted octanol–water partition coefficient (Wildman–Crippen LogP) is 2.81. The van der Waals surface area contributed by atoms with Crippen LogP contribution in [0.25, 0.3) is 11.0 Å². The van der Waals surface area contributed by atoms with Gasteiger partial charge in [-0.25, -0.2) is 9.78 Å². The number of carboxylic acids is 1. The topological polar surface area (TPSA) is 92.3 Å². The molecule has 0 saturated heterocycles. The number of hydrogen-bond donors (Lipinski definition) is 2. The van der Waals surface area contributed by atoms with E-state index in [-0.39, 0.29) is 23.4 Å². The van der Waals surface area contributed by atoms with E-state index in [0.717, 1.165) is 0 Å². The van der Waals surface area contributed by atoms with Crippen LogP contribution in [-0.4, -0.2) is 27.7 Å². The molecule has 0 fully saturated rings. The van der Waals surface area contributed by atoms with Crippen molar-refractivity contribution in [2.75, 3.05) is 0 Å². The fourth-order valence-corrected chi connectivity index (χ4v) is 2.36. The maximum absolute atomic E-state index is 12.1. The number of aromatic nitrogens is 2. The highest BCUT2D eigenvalue weighted by Crippen LogP contribution is 2.17. The number of H-pyrrole nitrogens is 1. The second kappa shape index (κ2) is 6.68. The monoisotopic (exact) mass is 346 g/mol. The van der Waals surface area contributed by atoms with Crippen molar-refractivity contribution in [3.63, 3.8) is 0 Å². The SMILES string of the molecule is O=C(O)c1ccc2[nH]c(=O)c(Cc3ccc(OC(F)F)cc3)nc2c1. The number of fused-ring (bicyclic) bond motifs is 1. The zero-order valence-electron chi connectivity index (χ0n) is 12.7. The largest absolute Gasteiger partial charge is 0.478 e. The van der Waals surface area contributed by atoms with Crippen LogP contribution in [0.15, 0.2) is 47.3 Å². The van der Waals surface area contributed by atoms with Crippen LogP contribution in [0, 0.1) is 0 Å². The summed E-state index contributed by atoms with van der Waals surface area (Å²) in [7, 11) is 0. The van der Waals surface area contributed by atoms with E-state index in [1.807, 2.05) is 0 Å². The standard InChI is InChI=1S/C17H12F2N2O4/c18-17(19)25-11-4-1-9(2-5-11)7-14-15(22)21-12-6-3-10(16(23)24)8-13(12)20-14/h1-6,8,17H,7H2,(H,21,22)(H,23,24). The quantitative estimate of drug-likeness (QED) is 0.741. The predicted molar refractivity (Wildman–Crippen MR) is 85.2 cm³/mol. The lowest BCUT2D eigenvalue weighted by Crippen LogP contribution is -2.16. The Morgan fingerprint density at radius 2 is 1.92 bits per heavy atom. The lowest BCUT2D eigenvalue weighted by molar-refractivity contribution is -0.0498. The number of hydrogen-bond acceptors (Lipinski definition) is 4. The first-order valence-electron chi connectivity index (χ1n) is 7.22. The van der Waals surface area contributed by atoms with Gasteiger partial charge in [-0.2, -0.15) is 8.78 Å². The lowest BCUT2D eigenvalue weighted by atomic mass is 10.1. The van der Waals surface area contributed by atoms with Crippen LogP contribution in [0.3, 0.4) is 0 Å². The average molecular weight is 346 g/mol. The molecule has 2 N–H and O–H groups in total. The smallest absolute Gasteiger partial charge is 0.387 e. The molecular weight excluding hydrogens is 334 g/mol. The second-order valence-corrected chi connectivity index (χ2v) is 5.25. The van der Waals surface area contributed by atoms with E-state index >= 15 is 0 Å². The van der Waals surface area contributed by atoms with Gasteiger partial charge in [-0.15, -0.1) is 0 Å². The summed E-state index contributed by atoms with van der Waals surface area (Å²) in [5.41, 5.74) is 1.31. The molecule has 0 amide bonds. The maximum Gasteiger partial charge on any atom is 0.387 e. The Kier molecular flexibility index (Phi) is 4.42. The summed E-state index contributed by atoms with van der Waals surface area (Å²) >= 11 is 0. The molecule has 0 radical (unpaired) electrons. The first-order valence-corrected chi connectivity index (χ1v) is 7.22. The minimum atomic E-state index is -2.90. The summed E-state index contributed by atoms with van der Waals surface area (Å²) in [6.07, 6.45) is 0.164. The normalized spacial score (nSPS) is 11.0. The second-order valence-electron chi connectivity index (χ2n) is 5.25. The van der Waals surface area contributed by atoms with Gasteiger partial charge in [0.05, 0.1) is 16.6 Å². The third-order valence-electron chi connectivity index (χ3n) is 3.53. The van der Waals surface area contributed by atoms with Gasteiger partial charge in [-0.3, -0.25) is 4.79 Å². The Bertz CT molecular complexity index is 984. The summed E-state index contributed by atoms with van der Waals surface area (Å²) in [5.74, 6) is -1.07. The van der Waals surface area contributed by atoms with E-state index in [0.29, 0.717) is 16.6 Å². The van der Waals surface area contributed by atoms with E-state index < -0.39 is 18.1 Å². The summed E-state index contributed by atoms with van der Waals surface area (Å²) < 4.78 is 28.5. The van der Waals surface area contributed by atoms with Crippen molar-refractivity contribution in [3.8, 4) is 5.75 Å². The molecule has 1 aromatic heterocycles. The number of alkyl halides is 2. The molecule has 1 heterocycles. The molecule has 0 aliphatic rings. The minimum Gasteiger partial charge on any atom is -0.478 e. The number of carboxylic acid groups (broad SMARTS) is 1. The molecule has 8 heteroatoms. The third kappa shape index (κ3) is 3.79. The Hall–Kier alpha value is -3.29. The number of aromatic amines is 1. The van der Waals surface area contributed by atoms with Gasteiger partial charge in [0.25, 0.3) is 5.56 Å². The van der Waals surface area contributed by atoms with Crippen LogP contribution in [0.2, 0.25) is 0 Å². The molecule has 3 rings (SSSR count). The van der Waals surface area contributed by atoms with Crippen LogP contribution in [0.5, 0.6) is 5.75 Å². The molecule has 0 atom stereocenters.